The van der Waals surface area contributed by atoms with Crippen LogP contribution in [0.15, 0.2) is 15.8 Å². The summed E-state index contributed by atoms with van der Waals surface area (Å²) in [4.78, 5) is 26.8. The normalized spacial score (nSPS) is 22.5. The first-order valence-electron chi connectivity index (χ1n) is 8.99. The summed E-state index contributed by atoms with van der Waals surface area (Å²) in [7, 11) is -2.19. The molecule has 0 bridgehead atoms. The average molecular weight is 422 g/mol. The smallest absolute Gasteiger partial charge is 0.372 e. The third-order valence-corrected chi connectivity index (χ3v) is 5.18. The minimum Gasteiger partial charge on any atom is -0.408 e. The quantitative estimate of drug-likeness (QED) is 0.406. The molecule has 1 aromatic rings. The van der Waals surface area contributed by atoms with E-state index < -0.39 is 36.9 Å². The number of nitrogens with zero attached hydrogens (tertiary/aromatic N) is 1. The van der Waals surface area contributed by atoms with Crippen LogP contribution in [0.25, 0.3) is 0 Å². The molecular weight excluding hydrogens is 393 g/mol. The van der Waals surface area contributed by atoms with Gasteiger partial charge in [0.1, 0.15) is 18.9 Å². The standard InChI is InChI=1S/C10H13N2O6PS.C6H15N/c1-5-3-12(10(15)11-9(5)14)8-2-6(13)7(18-8)4-17-19(16)20;1-4-7(5-2)6-3/h3,6-8,13H,2,4H2,1H3,(H,11,14,15);4-6H2,1-3H3/p+1/t6-,7+,8+;/m0./s1. The number of H-pyrrole nitrogens is 1. The summed E-state index contributed by atoms with van der Waals surface area (Å²) >= 11 is 4.38. The zero-order valence-corrected chi connectivity index (χ0v) is 17.8. The summed E-state index contributed by atoms with van der Waals surface area (Å²) in [6, 6.07) is 0. The minimum absolute atomic E-state index is 0.118. The molecule has 4 atom stereocenters. The molecule has 0 aliphatic carbocycles. The van der Waals surface area contributed by atoms with Crippen molar-refractivity contribution in [2.45, 2.75) is 52.6 Å². The van der Waals surface area contributed by atoms with Gasteiger partial charge in [-0.25, -0.2) is 4.79 Å². The number of aliphatic hydroxyl groups is 1. The number of aryl methyl sites for hydroxylation is 1. The van der Waals surface area contributed by atoms with Gasteiger partial charge in [0.05, 0.1) is 25.7 Å². The molecule has 0 saturated carbocycles. The lowest BCUT2D eigenvalue weighted by molar-refractivity contribution is -0.894. The highest BCUT2D eigenvalue weighted by Crippen LogP contribution is 2.29. The second kappa shape index (κ2) is 11.7. The largest absolute Gasteiger partial charge is 0.408 e. The first-order chi connectivity index (χ1) is 12.7. The van der Waals surface area contributed by atoms with Crippen LogP contribution in [0.1, 0.15) is 39.0 Å². The summed E-state index contributed by atoms with van der Waals surface area (Å²) in [6.07, 6.45) is -0.780. The number of hydrogen-bond donors (Lipinski definition) is 3. The molecule has 0 spiro atoms. The van der Waals surface area contributed by atoms with Gasteiger partial charge in [0.25, 0.3) is 5.56 Å². The van der Waals surface area contributed by atoms with E-state index in [0.717, 1.165) is 0 Å². The maximum Gasteiger partial charge on any atom is 0.372 e. The number of ether oxygens (including phenoxy) is 1. The lowest BCUT2D eigenvalue weighted by Crippen LogP contribution is -3.11. The molecule has 2 rings (SSSR count). The molecule has 0 radical (unpaired) electrons. The molecule has 1 fully saturated rings. The van der Waals surface area contributed by atoms with Crippen molar-refractivity contribution in [1.82, 2.24) is 9.55 Å². The van der Waals surface area contributed by atoms with Crippen molar-refractivity contribution in [1.29, 1.82) is 0 Å². The van der Waals surface area contributed by atoms with E-state index in [1.165, 1.54) is 30.4 Å². The van der Waals surface area contributed by atoms with Gasteiger partial charge in [0.2, 0.25) is 0 Å². The molecule has 154 valence electrons. The van der Waals surface area contributed by atoms with Crippen LogP contribution >= 0.6 is 7.23 Å². The topological polar surface area (TPSA) is 115 Å². The molecule has 0 amide bonds. The highest BCUT2D eigenvalue weighted by atomic mass is 32.7. The lowest BCUT2D eigenvalue weighted by Gasteiger charge is -2.14. The van der Waals surface area contributed by atoms with Gasteiger partial charge in [-0.05, 0) is 27.7 Å². The fraction of sp³-hybridized carbons (Fsp3) is 0.750. The number of quaternary nitrogens is 1. The summed E-state index contributed by atoms with van der Waals surface area (Å²) in [5, 5.41) is 9.83. The monoisotopic (exact) mass is 422 g/mol. The molecular formula is C16H29N3O6PS+. The van der Waals surface area contributed by atoms with Crippen LogP contribution in [0.3, 0.4) is 0 Å². The number of aromatic amines is 1. The SMILES string of the molecule is CC[NH+](CC)CC.Cc1cn([C@H]2C[C@H](O)[C@@H](CO[P+](=O)[S-])O2)c(=O)[nH]c1=O. The van der Waals surface area contributed by atoms with Gasteiger partial charge in [-0.3, -0.25) is 14.3 Å². The predicted molar refractivity (Wildman–Crippen MR) is 104 cm³/mol. The van der Waals surface area contributed by atoms with E-state index >= 15 is 0 Å². The molecule has 27 heavy (non-hydrogen) atoms. The van der Waals surface area contributed by atoms with E-state index in [1.54, 1.807) is 11.8 Å². The van der Waals surface area contributed by atoms with Crippen molar-refractivity contribution in [2.75, 3.05) is 26.2 Å². The highest BCUT2D eigenvalue weighted by molar-refractivity contribution is 8.25. The van der Waals surface area contributed by atoms with Gasteiger partial charge in [-0.1, -0.05) is 4.57 Å². The third kappa shape index (κ3) is 7.48. The summed E-state index contributed by atoms with van der Waals surface area (Å²) in [6.45, 7) is 11.9. The van der Waals surface area contributed by atoms with E-state index in [9.17, 15) is 19.3 Å². The molecule has 1 aromatic heterocycles. The number of nitrogens with one attached hydrogen (secondary N) is 2. The van der Waals surface area contributed by atoms with Crippen LogP contribution in [0, 0.1) is 6.92 Å². The van der Waals surface area contributed by atoms with Crippen molar-refractivity contribution < 1.29 is 23.8 Å². The highest BCUT2D eigenvalue weighted by Gasteiger charge is 2.36. The predicted octanol–water partition coefficient (Wildman–Crippen LogP) is -0.355. The van der Waals surface area contributed by atoms with Crippen molar-refractivity contribution >= 4 is 19.5 Å². The maximum atomic E-state index is 11.7. The van der Waals surface area contributed by atoms with E-state index in [0.29, 0.717) is 5.56 Å². The van der Waals surface area contributed by atoms with Gasteiger partial charge < -0.3 is 27.0 Å². The number of rotatable bonds is 7. The van der Waals surface area contributed by atoms with E-state index in [1.807, 2.05) is 0 Å². The molecule has 1 saturated heterocycles. The average Bonchev–Trinajstić information content (AvgIpc) is 2.99. The third-order valence-electron chi connectivity index (χ3n) is 4.50. The molecule has 11 heteroatoms. The Morgan fingerprint density at radius 1 is 1.37 bits per heavy atom. The Morgan fingerprint density at radius 2 is 1.96 bits per heavy atom. The van der Waals surface area contributed by atoms with Crippen molar-refractivity contribution in [2.24, 2.45) is 0 Å². The van der Waals surface area contributed by atoms with Crippen LogP contribution in [0.2, 0.25) is 0 Å². The van der Waals surface area contributed by atoms with Gasteiger partial charge in [-0.15, -0.1) is 0 Å². The number of aromatic nitrogens is 2. The lowest BCUT2D eigenvalue weighted by atomic mass is 10.2. The van der Waals surface area contributed by atoms with Gasteiger partial charge in [-0.2, -0.15) is 4.52 Å². The molecule has 1 aliphatic rings. The van der Waals surface area contributed by atoms with Crippen LogP contribution < -0.4 is 16.1 Å². The van der Waals surface area contributed by atoms with E-state index in [2.05, 4.69) is 38.0 Å². The Labute approximate surface area is 164 Å². The van der Waals surface area contributed by atoms with Crippen LogP contribution in [0.4, 0.5) is 0 Å². The molecule has 3 N–H and O–H groups in total. The van der Waals surface area contributed by atoms with E-state index in [4.69, 9.17) is 9.26 Å². The zero-order valence-electron chi connectivity index (χ0n) is 16.1. The summed E-state index contributed by atoms with van der Waals surface area (Å²) in [5.41, 5.74) is -0.725. The van der Waals surface area contributed by atoms with Crippen LogP contribution in [-0.4, -0.2) is 53.1 Å². The van der Waals surface area contributed by atoms with Gasteiger partial charge in [0, 0.05) is 18.2 Å². The zero-order chi connectivity index (χ0) is 20.6. The summed E-state index contributed by atoms with van der Waals surface area (Å²) in [5.74, 6) is 0. The van der Waals surface area contributed by atoms with Crippen molar-refractivity contribution in [3.8, 4) is 0 Å². The van der Waals surface area contributed by atoms with Gasteiger partial charge in [0.15, 0.2) is 0 Å². The summed E-state index contributed by atoms with van der Waals surface area (Å²) < 4.78 is 22.1. The Bertz CT molecular complexity index is 715. The fourth-order valence-corrected chi connectivity index (χ4v) is 3.17. The minimum atomic E-state index is -2.19. The molecule has 9 nitrogen and oxygen atoms in total. The Balaban J connectivity index is 0.000000445. The first kappa shape index (κ1) is 24.0. The Hall–Kier alpha value is -1.03. The number of hydrogen-bond acceptors (Lipinski definition) is 7. The van der Waals surface area contributed by atoms with Crippen LogP contribution in [0.5, 0.6) is 0 Å². The van der Waals surface area contributed by atoms with Crippen molar-refractivity contribution in [3.63, 3.8) is 0 Å². The molecule has 2 heterocycles. The maximum absolute atomic E-state index is 11.7. The van der Waals surface area contributed by atoms with Crippen molar-refractivity contribution in [3.05, 3.63) is 32.6 Å². The second-order valence-electron chi connectivity index (χ2n) is 6.24. The van der Waals surface area contributed by atoms with Crippen LogP contribution in [-0.2, 0) is 26.1 Å². The number of aliphatic hydroxyl groups excluding tert-OH is 1. The Morgan fingerprint density at radius 3 is 2.44 bits per heavy atom. The van der Waals surface area contributed by atoms with E-state index in [-0.39, 0.29) is 13.0 Å². The van der Waals surface area contributed by atoms with Gasteiger partial charge >= 0.3 is 12.9 Å². The first-order valence-corrected chi connectivity index (χ1v) is 11.2. The second-order valence-corrected chi connectivity index (χ2v) is 7.84. The fourth-order valence-electron chi connectivity index (χ4n) is 2.72. The molecule has 0 aromatic carbocycles. The Kier molecular flexibility index (Phi) is 10.4. The molecule has 1 aliphatic heterocycles. The molecule has 1 unspecified atom stereocenters.